The van der Waals surface area contributed by atoms with Gasteiger partial charge in [0.05, 0.1) is 43.1 Å². The number of aliphatic hydroxyl groups is 6. The van der Waals surface area contributed by atoms with E-state index in [0.29, 0.717) is 58.2 Å². The average Bonchev–Trinajstić information content (AvgIpc) is 2.97. The average molecular weight is 611 g/mol. The van der Waals surface area contributed by atoms with E-state index in [1.807, 2.05) is 0 Å². The van der Waals surface area contributed by atoms with Crippen LogP contribution < -0.4 is 34.0 Å². The van der Waals surface area contributed by atoms with E-state index >= 15 is 0 Å². The number of ether oxygens (including phenoxy) is 4. The number of hydrogen-bond donors (Lipinski definition) is 12. The summed E-state index contributed by atoms with van der Waals surface area (Å²) >= 11 is 0. The Hall–Kier alpha value is -0.640. The third-order valence-corrected chi connectivity index (χ3v) is 8.55. The molecule has 3 aliphatic rings. The van der Waals surface area contributed by atoms with Crippen LogP contribution in [0.2, 0.25) is 0 Å². The Kier molecular flexibility index (Phi) is 14.6. The summed E-state index contributed by atoms with van der Waals surface area (Å²) in [5.41, 5.74) is 29.8. The summed E-state index contributed by atoms with van der Waals surface area (Å²) in [6.07, 6.45) is -8.14. The molecule has 0 bridgehead atoms. The molecule has 0 aromatic carbocycles. The Bertz CT molecular complexity index is 777. The smallest absolute Gasteiger partial charge is 0.186 e. The number of hydrogen-bond acceptors (Lipinski definition) is 16. The Morgan fingerprint density at radius 3 is 2.21 bits per heavy atom. The number of rotatable bonds is 15. The van der Waals surface area contributed by atoms with Crippen LogP contribution in [0.5, 0.6) is 0 Å². The minimum absolute atomic E-state index is 0.0624. The lowest BCUT2D eigenvalue weighted by Gasteiger charge is -2.48. The summed E-state index contributed by atoms with van der Waals surface area (Å²) in [6, 6.07) is -2.29. The second-order valence-corrected chi connectivity index (χ2v) is 11.9. The molecule has 0 amide bonds. The van der Waals surface area contributed by atoms with Crippen molar-refractivity contribution in [1.82, 2.24) is 5.32 Å². The maximum absolute atomic E-state index is 11.6. The van der Waals surface area contributed by atoms with Gasteiger partial charge in [0.2, 0.25) is 0 Å². The Morgan fingerprint density at radius 1 is 0.833 bits per heavy atom. The van der Waals surface area contributed by atoms with Crippen LogP contribution in [-0.4, -0.2) is 149 Å². The highest BCUT2D eigenvalue weighted by molar-refractivity contribution is 4.99. The SMILES string of the molecule is NCCC(O)CNC[C@@H]1CC[C@@H](N)[C@@H](OC2[C@@H](N)C[C@@H](CCC(O)CN)[C@H](O[C@H]3O[C@H](CO)[C@@H](O)[C@H](N)[C@H]3O)[C@H]2O)O1. The van der Waals surface area contributed by atoms with Crippen LogP contribution in [0.3, 0.4) is 0 Å². The second-order valence-electron chi connectivity index (χ2n) is 11.9. The first-order valence-electron chi connectivity index (χ1n) is 15.0. The van der Waals surface area contributed by atoms with E-state index in [0.717, 1.165) is 0 Å². The highest BCUT2D eigenvalue weighted by Crippen LogP contribution is 2.36. The molecule has 1 saturated carbocycles. The molecule has 16 heteroatoms. The molecule has 16 nitrogen and oxygen atoms in total. The standard InChI is InChI=1S/C26H54N6O10/c27-6-5-14(35)9-32-10-15-3-4-16(29)25(39-15)42-24-17(30)7-12(1-2-13(34)8-28)23(22(24)38)41-26-21(37)19(31)20(36)18(11-33)40-26/h12-26,32-38H,1-11,27-31H2/t12-,13?,14?,15+,16-,17+,18-,19+,20-,21-,22-,23+,24?,25-,26-/m1/s1. The lowest BCUT2D eigenvalue weighted by molar-refractivity contribution is -0.318. The Morgan fingerprint density at radius 2 is 1.55 bits per heavy atom. The first-order valence-corrected chi connectivity index (χ1v) is 15.0. The van der Waals surface area contributed by atoms with Crippen LogP contribution in [-0.2, 0) is 18.9 Å². The van der Waals surface area contributed by atoms with E-state index in [-0.39, 0.29) is 18.6 Å². The third kappa shape index (κ3) is 9.43. The molecular formula is C26H54N6O10. The zero-order chi connectivity index (χ0) is 31.0. The van der Waals surface area contributed by atoms with Crippen LogP contribution in [0, 0.1) is 5.92 Å². The van der Waals surface area contributed by atoms with Crippen LogP contribution in [0.15, 0.2) is 0 Å². The molecule has 2 saturated heterocycles. The fourth-order valence-corrected chi connectivity index (χ4v) is 5.92. The molecular weight excluding hydrogens is 556 g/mol. The lowest BCUT2D eigenvalue weighted by atomic mass is 9.77. The van der Waals surface area contributed by atoms with Gasteiger partial charge in [0.1, 0.15) is 30.5 Å². The quantitative estimate of drug-likeness (QED) is 0.0822. The number of aliphatic hydroxyl groups excluding tert-OH is 6. The van der Waals surface area contributed by atoms with Crippen molar-refractivity contribution in [3.63, 3.8) is 0 Å². The van der Waals surface area contributed by atoms with Crippen molar-refractivity contribution in [3.05, 3.63) is 0 Å². The van der Waals surface area contributed by atoms with Gasteiger partial charge in [-0.25, -0.2) is 0 Å². The molecule has 3 rings (SSSR count). The Balaban J connectivity index is 1.70. The predicted molar refractivity (Wildman–Crippen MR) is 150 cm³/mol. The number of nitrogens with two attached hydrogens (primary N) is 5. The molecule has 0 radical (unpaired) electrons. The lowest BCUT2D eigenvalue weighted by Crippen LogP contribution is -2.66. The highest BCUT2D eigenvalue weighted by atomic mass is 16.7. The van der Waals surface area contributed by atoms with Crippen molar-refractivity contribution in [2.24, 2.45) is 34.6 Å². The molecule has 2 heterocycles. The Labute approximate surface area is 246 Å². The summed E-state index contributed by atoms with van der Waals surface area (Å²) in [6.45, 7) is 0.718. The zero-order valence-corrected chi connectivity index (χ0v) is 24.1. The van der Waals surface area contributed by atoms with Gasteiger partial charge < -0.3 is 83.6 Å². The summed E-state index contributed by atoms with van der Waals surface area (Å²) in [5.74, 6) is -0.389. The normalized spacial score (nSPS) is 42.8. The van der Waals surface area contributed by atoms with E-state index in [1.54, 1.807) is 0 Å². The van der Waals surface area contributed by atoms with Crippen LogP contribution >= 0.6 is 0 Å². The van der Waals surface area contributed by atoms with Gasteiger partial charge in [-0.05, 0) is 51.0 Å². The minimum atomic E-state index is -1.45. The summed E-state index contributed by atoms with van der Waals surface area (Å²) < 4.78 is 24.0. The molecule has 1 aliphatic carbocycles. The molecule has 3 fully saturated rings. The largest absolute Gasteiger partial charge is 0.394 e. The van der Waals surface area contributed by atoms with E-state index in [2.05, 4.69) is 5.32 Å². The van der Waals surface area contributed by atoms with E-state index < -0.39 is 86.1 Å². The first-order chi connectivity index (χ1) is 20.0. The van der Waals surface area contributed by atoms with E-state index in [9.17, 15) is 30.6 Å². The van der Waals surface area contributed by atoms with Gasteiger partial charge in [0, 0.05) is 25.7 Å². The van der Waals surface area contributed by atoms with Gasteiger partial charge in [-0.1, -0.05) is 0 Å². The molecule has 2 aliphatic heterocycles. The van der Waals surface area contributed by atoms with Crippen LogP contribution in [0.1, 0.15) is 38.5 Å². The number of nitrogens with one attached hydrogen (secondary N) is 1. The van der Waals surface area contributed by atoms with Crippen molar-refractivity contribution >= 4 is 0 Å². The predicted octanol–water partition coefficient (Wildman–Crippen LogP) is -5.54. The van der Waals surface area contributed by atoms with Crippen molar-refractivity contribution < 1.29 is 49.6 Å². The second kappa shape index (κ2) is 17.2. The summed E-state index contributed by atoms with van der Waals surface area (Å²) in [7, 11) is 0. The molecule has 42 heavy (non-hydrogen) atoms. The van der Waals surface area contributed by atoms with Crippen molar-refractivity contribution in [1.29, 1.82) is 0 Å². The topological polar surface area (TPSA) is 300 Å². The van der Waals surface area contributed by atoms with E-state index in [4.69, 9.17) is 47.6 Å². The molecule has 17 N–H and O–H groups in total. The molecule has 3 unspecified atom stereocenters. The summed E-state index contributed by atoms with van der Waals surface area (Å²) in [4.78, 5) is 0. The molecule has 0 aromatic rings. The van der Waals surface area contributed by atoms with Gasteiger partial charge in [0.15, 0.2) is 12.6 Å². The van der Waals surface area contributed by atoms with Crippen LogP contribution in [0.25, 0.3) is 0 Å². The highest BCUT2D eigenvalue weighted by Gasteiger charge is 2.50. The van der Waals surface area contributed by atoms with Crippen LogP contribution in [0.4, 0.5) is 0 Å². The first kappa shape index (κ1) is 35.8. The van der Waals surface area contributed by atoms with Crippen molar-refractivity contribution in [2.45, 2.75) is 124 Å². The van der Waals surface area contributed by atoms with Crippen molar-refractivity contribution in [2.75, 3.05) is 32.8 Å². The zero-order valence-electron chi connectivity index (χ0n) is 24.1. The van der Waals surface area contributed by atoms with Gasteiger partial charge in [-0.3, -0.25) is 0 Å². The summed E-state index contributed by atoms with van der Waals surface area (Å²) in [5, 5.41) is 65.2. The van der Waals surface area contributed by atoms with E-state index in [1.165, 1.54) is 0 Å². The minimum Gasteiger partial charge on any atom is -0.394 e. The molecule has 15 atom stereocenters. The van der Waals surface area contributed by atoms with Gasteiger partial charge in [0.25, 0.3) is 0 Å². The van der Waals surface area contributed by atoms with Gasteiger partial charge >= 0.3 is 0 Å². The monoisotopic (exact) mass is 610 g/mol. The maximum atomic E-state index is 11.6. The van der Waals surface area contributed by atoms with Gasteiger partial charge in [-0.2, -0.15) is 0 Å². The molecule has 0 aromatic heterocycles. The maximum Gasteiger partial charge on any atom is 0.186 e. The van der Waals surface area contributed by atoms with Crippen molar-refractivity contribution in [3.8, 4) is 0 Å². The van der Waals surface area contributed by atoms with Gasteiger partial charge in [-0.15, -0.1) is 0 Å². The molecule has 0 spiro atoms. The third-order valence-electron chi connectivity index (χ3n) is 8.55. The molecule has 248 valence electrons. The fourth-order valence-electron chi connectivity index (χ4n) is 5.92. The fraction of sp³-hybridized carbons (Fsp3) is 1.00.